The van der Waals surface area contributed by atoms with Gasteiger partial charge in [0, 0.05) is 5.69 Å². The Morgan fingerprint density at radius 3 is 2.52 bits per heavy atom. The summed E-state index contributed by atoms with van der Waals surface area (Å²) in [5, 5.41) is 13.5. The van der Waals surface area contributed by atoms with Crippen molar-refractivity contribution in [1.82, 2.24) is 5.32 Å². The monoisotopic (exact) mass is 295 g/mol. The predicted molar refractivity (Wildman–Crippen MR) is 75.1 cm³/mol. The molecule has 0 aliphatic heterocycles. The topological polar surface area (TPSA) is 131 Å². The van der Waals surface area contributed by atoms with E-state index in [0.717, 1.165) is 5.56 Å². The molecule has 1 rings (SSSR count). The van der Waals surface area contributed by atoms with Crippen molar-refractivity contribution in [2.24, 2.45) is 5.73 Å². The first kappa shape index (κ1) is 16.3. The summed E-state index contributed by atoms with van der Waals surface area (Å²) in [5.41, 5.74) is 6.20. The number of benzene rings is 1. The highest BCUT2D eigenvalue weighted by Gasteiger charge is 2.22. The first-order valence-electron chi connectivity index (χ1n) is 6.06. The molecular formula is C13H17N3O5. The van der Waals surface area contributed by atoms with Crippen LogP contribution in [-0.2, 0) is 9.59 Å². The van der Waals surface area contributed by atoms with E-state index in [0.29, 0.717) is 11.4 Å². The highest BCUT2D eigenvalue weighted by atomic mass is 16.5. The summed E-state index contributed by atoms with van der Waals surface area (Å²) < 4.78 is 5.09. The Hall–Kier alpha value is -2.77. The van der Waals surface area contributed by atoms with Crippen molar-refractivity contribution >= 4 is 23.6 Å². The molecule has 0 heterocycles. The van der Waals surface area contributed by atoms with E-state index in [1.807, 2.05) is 0 Å². The zero-order chi connectivity index (χ0) is 16.0. The molecular weight excluding hydrogens is 278 g/mol. The predicted octanol–water partition coefficient (Wildman–Crippen LogP) is 0.454. The van der Waals surface area contributed by atoms with Gasteiger partial charge in [-0.05, 0) is 30.7 Å². The standard InChI is InChI=1S/C13H17N3O5/c1-7-5-8(3-4-10(7)21-2)15-13(20)16-9(12(18)19)6-11(14)17/h3-5,9H,6H2,1-2H3,(H2,14,17)(H,18,19)(H2,15,16,20)/t9-/m1/s1. The number of primary amides is 1. The second-order valence-electron chi connectivity index (χ2n) is 4.34. The molecule has 0 saturated carbocycles. The minimum absolute atomic E-state index is 0.467. The Kier molecular flexibility index (Phi) is 5.53. The quantitative estimate of drug-likeness (QED) is 0.605. The number of anilines is 1. The maximum Gasteiger partial charge on any atom is 0.326 e. The van der Waals surface area contributed by atoms with Crippen LogP contribution >= 0.6 is 0 Å². The number of hydrogen-bond donors (Lipinski definition) is 4. The van der Waals surface area contributed by atoms with Crippen LogP contribution in [0.25, 0.3) is 0 Å². The number of nitrogens with one attached hydrogen (secondary N) is 2. The number of aliphatic carboxylic acids is 1. The smallest absolute Gasteiger partial charge is 0.326 e. The third kappa shape index (κ3) is 5.01. The summed E-state index contributed by atoms with van der Waals surface area (Å²) in [4.78, 5) is 33.3. The van der Waals surface area contributed by atoms with Gasteiger partial charge >= 0.3 is 12.0 Å². The number of carboxylic acid groups (broad SMARTS) is 1. The number of carbonyl (C=O) groups excluding carboxylic acids is 2. The van der Waals surface area contributed by atoms with Gasteiger partial charge in [0.2, 0.25) is 5.91 Å². The molecule has 0 aromatic heterocycles. The van der Waals surface area contributed by atoms with Crippen molar-refractivity contribution in [3.05, 3.63) is 23.8 Å². The number of hydrogen-bond acceptors (Lipinski definition) is 4. The number of nitrogens with two attached hydrogens (primary N) is 1. The summed E-state index contributed by atoms with van der Waals surface area (Å²) in [6.45, 7) is 1.80. The van der Waals surface area contributed by atoms with E-state index < -0.39 is 30.4 Å². The van der Waals surface area contributed by atoms with Gasteiger partial charge in [-0.3, -0.25) is 4.79 Å². The number of ether oxygens (including phenoxy) is 1. The van der Waals surface area contributed by atoms with Crippen LogP contribution in [-0.4, -0.2) is 36.2 Å². The van der Waals surface area contributed by atoms with Gasteiger partial charge in [0.15, 0.2) is 0 Å². The molecule has 0 fully saturated rings. The number of carbonyl (C=O) groups is 3. The number of methoxy groups -OCH3 is 1. The number of rotatable bonds is 6. The van der Waals surface area contributed by atoms with E-state index in [4.69, 9.17) is 15.6 Å². The minimum Gasteiger partial charge on any atom is -0.496 e. The average Bonchev–Trinajstić information content (AvgIpc) is 2.37. The summed E-state index contributed by atoms with van der Waals surface area (Å²) in [6, 6.07) is 2.83. The maximum atomic E-state index is 11.7. The lowest BCUT2D eigenvalue weighted by Crippen LogP contribution is -2.45. The van der Waals surface area contributed by atoms with Gasteiger partial charge in [-0.15, -0.1) is 0 Å². The zero-order valence-corrected chi connectivity index (χ0v) is 11.7. The van der Waals surface area contributed by atoms with Crippen molar-refractivity contribution in [1.29, 1.82) is 0 Å². The van der Waals surface area contributed by atoms with Gasteiger partial charge in [-0.25, -0.2) is 9.59 Å². The van der Waals surface area contributed by atoms with Gasteiger partial charge in [0.1, 0.15) is 11.8 Å². The molecule has 1 aromatic carbocycles. The Morgan fingerprint density at radius 2 is 2.05 bits per heavy atom. The van der Waals surface area contributed by atoms with Gasteiger partial charge < -0.3 is 26.2 Å². The van der Waals surface area contributed by atoms with Crippen molar-refractivity contribution in [2.75, 3.05) is 12.4 Å². The Labute approximate surface area is 121 Å². The summed E-state index contributed by atoms with van der Waals surface area (Å²) in [7, 11) is 1.53. The Balaban J connectivity index is 2.69. The zero-order valence-electron chi connectivity index (χ0n) is 11.7. The molecule has 0 spiro atoms. The fraction of sp³-hybridized carbons (Fsp3) is 0.308. The minimum atomic E-state index is -1.37. The molecule has 1 atom stereocenters. The van der Waals surface area contributed by atoms with Crippen molar-refractivity contribution in [3.63, 3.8) is 0 Å². The molecule has 0 saturated heterocycles. The molecule has 21 heavy (non-hydrogen) atoms. The molecule has 1 aromatic rings. The van der Waals surface area contributed by atoms with E-state index in [1.54, 1.807) is 25.1 Å². The molecule has 114 valence electrons. The lowest BCUT2D eigenvalue weighted by Gasteiger charge is -2.14. The fourth-order valence-corrected chi connectivity index (χ4v) is 1.68. The van der Waals surface area contributed by atoms with E-state index in [1.165, 1.54) is 7.11 Å². The highest BCUT2D eigenvalue weighted by molar-refractivity contribution is 5.93. The number of carboxylic acids is 1. The van der Waals surface area contributed by atoms with Gasteiger partial charge in [-0.2, -0.15) is 0 Å². The molecule has 0 aliphatic carbocycles. The average molecular weight is 295 g/mol. The maximum absolute atomic E-state index is 11.7. The van der Waals surface area contributed by atoms with Crippen LogP contribution in [0.2, 0.25) is 0 Å². The molecule has 3 amide bonds. The molecule has 8 nitrogen and oxygen atoms in total. The SMILES string of the molecule is COc1ccc(NC(=O)N[C@H](CC(N)=O)C(=O)O)cc1C. The molecule has 5 N–H and O–H groups in total. The van der Waals surface area contributed by atoms with E-state index in [2.05, 4.69) is 10.6 Å². The first-order valence-corrected chi connectivity index (χ1v) is 6.06. The fourth-order valence-electron chi connectivity index (χ4n) is 1.68. The van der Waals surface area contributed by atoms with Crippen LogP contribution in [0.5, 0.6) is 5.75 Å². The second-order valence-corrected chi connectivity index (χ2v) is 4.34. The molecule has 0 aliphatic rings. The molecule has 8 heteroatoms. The second kappa shape index (κ2) is 7.13. The van der Waals surface area contributed by atoms with Crippen molar-refractivity contribution < 1.29 is 24.2 Å². The van der Waals surface area contributed by atoms with Crippen LogP contribution in [0.1, 0.15) is 12.0 Å². The summed E-state index contributed by atoms with van der Waals surface area (Å²) in [6.07, 6.45) is -0.482. The number of aryl methyl sites for hydroxylation is 1. The summed E-state index contributed by atoms with van der Waals surface area (Å²) >= 11 is 0. The molecule has 0 bridgehead atoms. The lowest BCUT2D eigenvalue weighted by molar-refractivity contribution is -0.140. The van der Waals surface area contributed by atoms with Gasteiger partial charge in [0.25, 0.3) is 0 Å². The largest absolute Gasteiger partial charge is 0.496 e. The van der Waals surface area contributed by atoms with Gasteiger partial charge in [0.05, 0.1) is 13.5 Å². The van der Waals surface area contributed by atoms with Crippen LogP contribution in [0.3, 0.4) is 0 Å². The van der Waals surface area contributed by atoms with Crippen LogP contribution in [0.4, 0.5) is 10.5 Å². The Bertz CT molecular complexity index is 559. The van der Waals surface area contributed by atoms with E-state index in [-0.39, 0.29) is 0 Å². The molecule has 0 radical (unpaired) electrons. The van der Waals surface area contributed by atoms with Crippen molar-refractivity contribution in [3.8, 4) is 5.75 Å². The third-order valence-corrected chi connectivity index (χ3v) is 2.66. The van der Waals surface area contributed by atoms with Crippen molar-refractivity contribution in [2.45, 2.75) is 19.4 Å². The normalized spacial score (nSPS) is 11.3. The molecule has 0 unspecified atom stereocenters. The number of amides is 3. The van der Waals surface area contributed by atoms with Crippen LogP contribution in [0.15, 0.2) is 18.2 Å². The summed E-state index contributed by atoms with van der Waals surface area (Å²) in [5.74, 6) is -1.49. The van der Waals surface area contributed by atoms with Gasteiger partial charge in [-0.1, -0.05) is 0 Å². The van der Waals surface area contributed by atoms with Crippen LogP contribution in [0, 0.1) is 6.92 Å². The first-order chi connectivity index (χ1) is 9.83. The lowest BCUT2D eigenvalue weighted by atomic mass is 10.2. The Morgan fingerprint density at radius 1 is 1.38 bits per heavy atom. The van der Waals surface area contributed by atoms with E-state index >= 15 is 0 Å². The number of urea groups is 1. The van der Waals surface area contributed by atoms with Crippen LogP contribution < -0.4 is 21.1 Å². The van der Waals surface area contributed by atoms with E-state index in [9.17, 15) is 14.4 Å². The highest BCUT2D eigenvalue weighted by Crippen LogP contribution is 2.21. The third-order valence-electron chi connectivity index (χ3n) is 2.66.